The van der Waals surface area contributed by atoms with Gasteiger partial charge in [0.25, 0.3) is 5.91 Å². The summed E-state index contributed by atoms with van der Waals surface area (Å²) in [5.41, 5.74) is -0.247. The molecule has 1 aromatic rings. The number of carbonyl (C=O) groups is 2. The van der Waals surface area contributed by atoms with Gasteiger partial charge < -0.3 is 14.7 Å². The van der Waals surface area contributed by atoms with Crippen LogP contribution in [0.2, 0.25) is 0 Å². The van der Waals surface area contributed by atoms with Crippen molar-refractivity contribution < 1.29 is 27.9 Å². The van der Waals surface area contributed by atoms with Crippen LogP contribution in [0.1, 0.15) is 17.3 Å². The molecule has 0 atom stereocenters. The average molecular weight is 316 g/mol. The molecule has 116 valence electrons. The number of carbonyl (C=O) groups excluding carboxylic acids is 1. The van der Waals surface area contributed by atoms with E-state index in [4.69, 9.17) is 15.0 Å². The van der Waals surface area contributed by atoms with E-state index in [1.165, 1.54) is 11.0 Å². The highest BCUT2D eigenvalue weighted by Gasteiger charge is 2.19. The number of rotatable bonds is 6. The Balaban J connectivity index is 3.07. The lowest BCUT2D eigenvalue weighted by Gasteiger charge is -2.16. The molecule has 0 saturated heterocycles. The second kappa shape index (κ2) is 6.55. The van der Waals surface area contributed by atoms with E-state index < -0.39 is 20.9 Å². The zero-order chi connectivity index (χ0) is 16.2. The highest BCUT2D eigenvalue weighted by molar-refractivity contribution is 7.89. The van der Waals surface area contributed by atoms with Gasteiger partial charge >= 0.3 is 5.97 Å². The van der Waals surface area contributed by atoms with Gasteiger partial charge in [0.05, 0.1) is 5.56 Å². The standard InChI is InChI=1S/C12H16N2O6S/c1-3-14(2)11(15)7-20-9-5-4-8(12(16)17)6-10(9)21(13,18)19/h4-6H,3,7H2,1-2H3,(H,16,17)(H2,13,18,19). The monoisotopic (exact) mass is 316 g/mol. The number of likely N-dealkylation sites (N-methyl/N-ethyl adjacent to an activating group) is 1. The lowest BCUT2D eigenvalue weighted by molar-refractivity contribution is -0.131. The smallest absolute Gasteiger partial charge is 0.335 e. The Morgan fingerprint density at radius 1 is 1.38 bits per heavy atom. The summed E-state index contributed by atoms with van der Waals surface area (Å²) in [6.07, 6.45) is 0. The van der Waals surface area contributed by atoms with E-state index in [0.717, 1.165) is 12.1 Å². The number of primary sulfonamides is 1. The van der Waals surface area contributed by atoms with Crippen LogP contribution in [0.4, 0.5) is 0 Å². The van der Waals surface area contributed by atoms with Gasteiger partial charge in [0.15, 0.2) is 6.61 Å². The number of aromatic carboxylic acids is 1. The molecule has 1 rings (SSSR count). The van der Waals surface area contributed by atoms with Crippen molar-refractivity contribution in [3.63, 3.8) is 0 Å². The van der Waals surface area contributed by atoms with Gasteiger partial charge in [0.1, 0.15) is 10.6 Å². The molecule has 0 aliphatic rings. The molecule has 3 N–H and O–H groups in total. The molecule has 8 nitrogen and oxygen atoms in total. The summed E-state index contributed by atoms with van der Waals surface area (Å²) in [5, 5.41) is 13.9. The predicted molar refractivity (Wildman–Crippen MR) is 73.6 cm³/mol. The van der Waals surface area contributed by atoms with Crippen molar-refractivity contribution in [3.05, 3.63) is 23.8 Å². The largest absolute Gasteiger partial charge is 0.482 e. The van der Waals surface area contributed by atoms with Crippen LogP contribution in [0.25, 0.3) is 0 Å². The first-order chi connectivity index (χ1) is 9.66. The van der Waals surface area contributed by atoms with E-state index in [0.29, 0.717) is 6.54 Å². The molecular weight excluding hydrogens is 300 g/mol. The Morgan fingerprint density at radius 2 is 2.00 bits per heavy atom. The maximum absolute atomic E-state index is 11.6. The molecule has 0 aliphatic carbocycles. The van der Waals surface area contributed by atoms with Gasteiger partial charge in [0, 0.05) is 13.6 Å². The van der Waals surface area contributed by atoms with Crippen molar-refractivity contribution in [2.24, 2.45) is 5.14 Å². The number of sulfonamides is 1. The summed E-state index contributed by atoms with van der Waals surface area (Å²) in [6, 6.07) is 3.21. The number of benzene rings is 1. The molecule has 0 aromatic heterocycles. The first-order valence-corrected chi connectivity index (χ1v) is 7.48. The van der Waals surface area contributed by atoms with Crippen LogP contribution in [-0.2, 0) is 14.8 Å². The highest BCUT2D eigenvalue weighted by Crippen LogP contribution is 2.24. The van der Waals surface area contributed by atoms with Crippen LogP contribution in [0.15, 0.2) is 23.1 Å². The summed E-state index contributed by atoms with van der Waals surface area (Å²) < 4.78 is 28.1. The Morgan fingerprint density at radius 3 is 2.48 bits per heavy atom. The maximum Gasteiger partial charge on any atom is 0.335 e. The second-order valence-corrected chi connectivity index (χ2v) is 5.74. The minimum atomic E-state index is -4.18. The summed E-state index contributed by atoms with van der Waals surface area (Å²) in [5.74, 6) is -1.81. The van der Waals surface area contributed by atoms with Crippen molar-refractivity contribution in [3.8, 4) is 5.75 Å². The Kier molecular flexibility index (Phi) is 5.28. The van der Waals surface area contributed by atoms with E-state index >= 15 is 0 Å². The number of ether oxygens (including phenoxy) is 1. The van der Waals surface area contributed by atoms with E-state index in [-0.39, 0.29) is 23.8 Å². The van der Waals surface area contributed by atoms with Crippen LogP contribution in [0, 0.1) is 0 Å². The molecule has 0 heterocycles. The minimum Gasteiger partial charge on any atom is -0.482 e. The third-order valence-electron chi connectivity index (χ3n) is 2.75. The van der Waals surface area contributed by atoms with Gasteiger partial charge in [-0.05, 0) is 25.1 Å². The van der Waals surface area contributed by atoms with E-state index in [2.05, 4.69) is 0 Å². The van der Waals surface area contributed by atoms with Crippen molar-refractivity contribution in [2.45, 2.75) is 11.8 Å². The van der Waals surface area contributed by atoms with Gasteiger partial charge in [-0.3, -0.25) is 4.79 Å². The van der Waals surface area contributed by atoms with Gasteiger partial charge in [-0.15, -0.1) is 0 Å². The number of nitrogens with two attached hydrogens (primary N) is 1. The van der Waals surface area contributed by atoms with Gasteiger partial charge in [-0.2, -0.15) is 0 Å². The van der Waals surface area contributed by atoms with Crippen LogP contribution < -0.4 is 9.88 Å². The molecule has 9 heteroatoms. The fourth-order valence-electron chi connectivity index (χ4n) is 1.41. The van der Waals surface area contributed by atoms with E-state index in [1.54, 1.807) is 14.0 Å². The molecule has 0 saturated carbocycles. The first kappa shape index (κ1) is 16.9. The number of hydrogen-bond donors (Lipinski definition) is 2. The number of hydrogen-bond acceptors (Lipinski definition) is 5. The summed E-state index contributed by atoms with van der Waals surface area (Å²) >= 11 is 0. The van der Waals surface area contributed by atoms with E-state index in [9.17, 15) is 18.0 Å². The zero-order valence-corrected chi connectivity index (χ0v) is 12.4. The molecule has 0 bridgehead atoms. The normalized spacial score (nSPS) is 11.0. The number of carboxylic acid groups (broad SMARTS) is 1. The molecule has 0 fully saturated rings. The summed E-state index contributed by atoms with van der Waals surface area (Å²) in [6.45, 7) is 1.87. The van der Waals surface area contributed by atoms with Gasteiger partial charge in [-0.1, -0.05) is 0 Å². The molecule has 1 amide bonds. The Labute approximate surface area is 122 Å². The Bertz CT molecular complexity index is 656. The van der Waals surface area contributed by atoms with Crippen LogP contribution in [0.5, 0.6) is 5.75 Å². The average Bonchev–Trinajstić information content (AvgIpc) is 2.42. The third-order valence-corrected chi connectivity index (χ3v) is 3.68. The highest BCUT2D eigenvalue weighted by atomic mass is 32.2. The fourth-order valence-corrected chi connectivity index (χ4v) is 2.11. The third kappa shape index (κ3) is 4.43. The van der Waals surface area contributed by atoms with Crippen molar-refractivity contribution in [1.29, 1.82) is 0 Å². The van der Waals surface area contributed by atoms with E-state index in [1.807, 2.05) is 0 Å². The molecule has 0 radical (unpaired) electrons. The van der Waals surface area contributed by atoms with Crippen molar-refractivity contribution in [1.82, 2.24) is 4.90 Å². The van der Waals surface area contributed by atoms with Crippen molar-refractivity contribution >= 4 is 21.9 Å². The maximum atomic E-state index is 11.6. The zero-order valence-electron chi connectivity index (χ0n) is 11.6. The second-order valence-electron chi connectivity index (χ2n) is 4.21. The molecule has 0 aliphatic heterocycles. The minimum absolute atomic E-state index is 0.166. The quantitative estimate of drug-likeness (QED) is 0.754. The SMILES string of the molecule is CCN(C)C(=O)COc1ccc(C(=O)O)cc1S(N)(=O)=O. The molecular formula is C12H16N2O6S. The van der Waals surface area contributed by atoms with Crippen LogP contribution in [-0.4, -0.2) is 50.5 Å². The van der Waals surface area contributed by atoms with Crippen LogP contribution in [0.3, 0.4) is 0 Å². The Hall–Kier alpha value is -2.13. The van der Waals surface area contributed by atoms with Crippen LogP contribution >= 0.6 is 0 Å². The number of amides is 1. The summed E-state index contributed by atoms with van der Waals surface area (Å²) in [4.78, 5) is 23.4. The molecule has 0 unspecified atom stereocenters. The predicted octanol–water partition coefficient (Wildman–Crippen LogP) is -0.111. The number of nitrogens with zero attached hydrogens (tertiary/aromatic N) is 1. The summed E-state index contributed by atoms with van der Waals surface area (Å²) in [7, 11) is -2.61. The topological polar surface area (TPSA) is 127 Å². The molecule has 1 aromatic carbocycles. The molecule has 0 spiro atoms. The number of carboxylic acids is 1. The van der Waals surface area contributed by atoms with Gasteiger partial charge in [0.2, 0.25) is 10.0 Å². The lowest BCUT2D eigenvalue weighted by atomic mass is 10.2. The fraction of sp³-hybridized carbons (Fsp3) is 0.333. The lowest BCUT2D eigenvalue weighted by Crippen LogP contribution is -2.31. The molecule has 21 heavy (non-hydrogen) atoms. The first-order valence-electron chi connectivity index (χ1n) is 5.93. The van der Waals surface area contributed by atoms with Crippen molar-refractivity contribution in [2.75, 3.05) is 20.2 Å². The van der Waals surface area contributed by atoms with Gasteiger partial charge in [-0.25, -0.2) is 18.4 Å².